The van der Waals surface area contributed by atoms with Crippen LogP contribution in [0.15, 0.2) is 51.8 Å². The van der Waals surface area contributed by atoms with E-state index in [0.717, 1.165) is 16.3 Å². The fourth-order valence-electron chi connectivity index (χ4n) is 2.17. The van der Waals surface area contributed by atoms with Crippen molar-refractivity contribution in [3.05, 3.63) is 58.3 Å². The van der Waals surface area contributed by atoms with Gasteiger partial charge >= 0.3 is 0 Å². The van der Waals surface area contributed by atoms with Crippen molar-refractivity contribution in [1.29, 1.82) is 0 Å². The fourth-order valence-corrected chi connectivity index (χ4v) is 3.41. The van der Waals surface area contributed by atoms with Crippen LogP contribution in [0.3, 0.4) is 0 Å². The summed E-state index contributed by atoms with van der Waals surface area (Å²) in [5.41, 5.74) is 1.27. The third kappa shape index (κ3) is 2.47. The first-order valence-corrected chi connectivity index (χ1v) is 7.93. The van der Waals surface area contributed by atoms with Crippen molar-refractivity contribution in [2.75, 3.05) is 17.2 Å². The molecule has 5 heteroatoms. The Morgan fingerprint density at radius 1 is 1.25 bits per heavy atom. The highest BCUT2D eigenvalue weighted by molar-refractivity contribution is 9.10. The SMILES string of the molecule is O=C(c1ccc(Br)c(F)c1)N1CCSc2ccccc21. The summed E-state index contributed by atoms with van der Waals surface area (Å²) in [5.74, 6) is 0.265. The van der Waals surface area contributed by atoms with Crippen LogP contribution in [0.5, 0.6) is 0 Å². The van der Waals surface area contributed by atoms with E-state index in [1.54, 1.807) is 28.8 Å². The van der Waals surface area contributed by atoms with Crippen molar-refractivity contribution < 1.29 is 9.18 Å². The highest BCUT2D eigenvalue weighted by Gasteiger charge is 2.24. The number of para-hydroxylation sites is 1. The van der Waals surface area contributed by atoms with Crippen LogP contribution in [0.2, 0.25) is 0 Å². The van der Waals surface area contributed by atoms with Crippen molar-refractivity contribution in [2.45, 2.75) is 4.90 Å². The van der Waals surface area contributed by atoms with Crippen LogP contribution in [0.4, 0.5) is 10.1 Å². The highest BCUT2D eigenvalue weighted by Crippen LogP contribution is 2.35. The van der Waals surface area contributed by atoms with Crippen molar-refractivity contribution in [1.82, 2.24) is 0 Å². The van der Waals surface area contributed by atoms with E-state index in [4.69, 9.17) is 0 Å². The Bertz CT molecular complexity index is 677. The maximum Gasteiger partial charge on any atom is 0.258 e. The molecule has 1 aliphatic heterocycles. The molecule has 3 rings (SSSR count). The summed E-state index contributed by atoms with van der Waals surface area (Å²) in [6.07, 6.45) is 0. The Kier molecular flexibility index (Phi) is 3.81. The van der Waals surface area contributed by atoms with Gasteiger partial charge in [-0.2, -0.15) is 0 Å². The average molecular weight is 352 g/mol. The molecule has 2 aromatic carbocycles. The lowest BCUT2D eigenvalue weighted by atomic mass is 10.1. The Labute approximate surface area is 129 Å². The first-order chi connectivity index (χ1) is 9.66. The molecule has 2 nitrogen and oxygen atoms in total. The van der Waals surface area contributed by atoms with Crippen LogP contribution >= 0.6 is 27.7 Å². The van der Waals surface area contributed by atoms with Crippen LogP contribution < -0.4 is 4.90 Å². The summed E-state index contributed by atoms with van der Waals surface area (Å²) in [5, 5.41) is 0. The molecular weight excluding hydrogens is 341 g/mol. The Balaban J connectivity index is 1.97. The number of carbonyl (C=O) groups is 1. The van der Waals surface area contributed by atoms with Crippen LogP contribution in [0, 0.1) is 5.82 Å². The minimum absolute atomic E-state index is 0.163. The number of fused-ring (bicyclic) bond motifs is 1. The molecule has 0 fully saturated rings. The number of anilines is 1. The maximum atomic E-state index is 13.6. The van der Waals surface area contributed by atoms with E-state index < -0.39 is 5.82 Å². The lowest BCUT2D eigenvalue weighted by molar-refractivity contribution is 0.0987. The van der Waals surface area contributed by atoms with Gasteiger partial charge in [-0.3, -0.25) is 4.79 Å². The third-order valence-corrected chi connectivity index (χ3v) is 4.83. The first-order valence-electron chi connectivity index (χ1n) is 6.15. The van der Waals surface area contributed by atoms with Gasteiger partial charge in [-0.25, -0.2) is 4.39 Å². The molecule has 0 aliphatic carbocycles. The molecule has 0 saturated heterocycles. The van der Waals surface area contributed by atoms with E-state index in [0.29, 0.717) is 16.6 Å². The largest absolute Gasteiger partial charge is 0.306 e. The predicted molar refractivity (Wildman–Crippen MR) is 82.9 cm³/mol. The highest BCUT2D eigenvalue weighted by atomic mass is 79.9. The van der Waals surface area contributed by atoms with Crippen LogP contribution in [0.1, 0.15) is 10.4 Å². The summed E-state index contributed by atoms with van der Waals surface area (Å²) in [6.45, 7) is 0.637. The van der Waals surface area contributed by atoms with Gasteiger partial charge in [-0.05, 0) is 46.3 Å². The number of halogens is 2. The molecule has 0 saturated carbocycles. The number of nitrogens with zero attached hydrogens (tertiary/aromatic N) is 1. The smallest absolute Gasteiger partial charge is 0.258 e. The number of thioether (sulfide) groups is 1. The van der Waals surface area contributed by atoms with Gasteiger partial charge in [-0.1, -0.05) is 12.1 Å². The van der Waals surface area contributed by atoms with Gasteiger partial charge in [0.15, 0.2) is 0 Å². The molecule has 1 heterocycles. The molecule has 1 amide bonds. The maximum absolute atomic E-state index is 13.6. The van der Waals surface area contributed by atoms with Crippen molar-refractivity contribution in [3.63, 3.8) is 0 Å². The van der Waals surface area contributed by atoms with Gasteiger partial charge in [0.2, 0.25) is 0 Å². The molecule has 0 aromatic heterocycles. The second-order valence-corrected chi connectivity index (χ2v) is 6.39. The molecular formula is C15H11BrFNOS. The number of amides is 1. The van der Waals surface area contributed by atoms with Crippen LogP contribution in [-0.2, 0) is 0 Å². The van der Waals surface area contributed by atoms with Gasteiger partial charge in [0, 0.05) is 22.8 Å². The van der Waals surface area contributed by atoms with Crippen LogP contribution in [0.25, 0.3) is 0 Å². The van der Waals surface area contributed by atoms with E-state index in [1.165, 1.54) is 6.07 Å². The lowest BCUT2D eigenvalue weighted by Gasteiger charge is -2.29. The summed E-state index contributed by atoms with van der Waals surface area (Å²) in [6, 6.07) is 12.3. The van der Waals surface area contributed by atoms with Crippen molar-refractivity contribution in [3.8, 4) is 0 Å². The Morgan fingerprint density at radius 3 is 2.85 bits per heavy atom. The lowest BCUT2D eigenvalue weighted by Crippen LogP contribution is -2.35. The van der Waals surface area contributed by atoms with E-state index in [-0.39, 0.29) is 5.91 Å². The second-order valence-electron chi connectivity index (χ2n) is 4.40. The first kappa shape index (κ1) is 13.6. The van der Waals surface area contributed by atoms with E-state index in [1.807, 2.05) is 24.3 Å². The number of rotatable bonds is 1. The zero-order chi connectivity index (χ0) is 14.1. The minimum atomic E-state index is -0.421. The quantitative estimate of drug-likeness (QED) is 0.761. The molecule has 0 unspecified atom stereocenters. The van der Waals surface area contributed by atoms with E-state index >= 15 is 0 Å². The number of carbonyl (C=O) groups excluding carboxylic acids is 1. The van der Waals surface area contributed by atoms with Crippen LogP contribution in [-0.4, -0.2) is 18.2 Å². The van der Waals surface area contributed by atoms with Crippen molar-refractivity contribution in [2.24, 2.45) is 0 Å². The molecule has 2 aromatic rings. The Hall–Kier alpha value is -1.33. The van der Waals surface area contributed by atoms with Gasteiger partial charge in [0.1, 0.15) is 5.82 Å². The van der Waals surface area contributed by atoms with E-state index in [9.17, 15) is 9.18 Å². The van der Waals surface area contributed by atoms with Gasteiger partial charge in [-0.15, -0.1) is 11.8 Å². The average Bonchev–Trinajstić information content (AvgIpc) is 2.49. The standard InChI is InChI=1S/C15H11BrFNOS/c16-11-6-5-10(9-12(11)17)15(19)18-7-8-20-14-4-2-1-3-13(14)18/h1-6,9H,7-8H2. The third-order valence-electron chi connectivity index (χ3n) is 3.14. The summed E-state index contributed by atoms with van der Waals surface area (Å²) in [4.78, 5) is 15.4. The summed E-state index contributed by atoms with van der Waals surface area (Å²) >= 11 is 4.83. The Morgan fingerprint density at radius 2 is 2.05 bits per heavy atom. The number of benzene rings is 2. The monoisotopic (exact) mass is 351 g/mol. The van der Waals surface area contributed by atoms with Gasteiger partial charge in [0.25, 0.3) is 5.91 Å². The van der Waals surface area contributed by atoms with Gasteiger partial charge in [0.05, 0.1) is 10.2 Å². The molecule has 20 heavy (non-hydrogen) atoms. The zero-order valence-corrected chi connectivity index (χ0v) is 12.9. The fraction of sp³-hybridized carbons (Fsp3) is 0.133. The number of hydrogen-bond acceptors (Lipinski definition) is 2. The van der Waals surface area contributed by atoms with Crippen molar-refractivity contribution >= 4 is 39.3 Å². The molecule has 0 atom stereocenters. The normalized spacial score (nSPS) is 14.0. The summed E-state index contributed by atoms with van der Waals surface area (Å²) < 4.78 is 13.9. The molecule has 102 valence electrons. The van der Waals surface area contributed by atoms with Gasteiger partial charge < -0.3 is 4.90 Å². The molecule has 0 spiro atoms. The molecule has 1 aliphatic rings. The zero-order valence-electron chi connectivity index (χ0n) is 10.5. The topological polar surface area (TPSA) is 20.3 Å². The molecule has 0 radical (unpaired) electrons. The molecule has 0 bridgehead atoms. The minimum Gasteiger partial charge on any atom is -0.306 e. The summed E-state index contributed by atoms with van der Waals surface area (Å²) in [7, 11) is 0. The predicted octanol–water partition coefficient (Wildman–Crippen LogP) is 4.34. The number of hydrogen-bond donors (Lipinski definition) is 0. The van der Waals surface area contributed by atoms with E-state index in [2.05, 4.69) is 15.9 Å². The second kappa shape index (κ2) is 5.58. The molecule has 0 N–H and O–H groups in total.